The van der Waals surface area contributed by atoms with Crippen LogP contribution in [0.3, 0.4) is 0 Å². The Bertz CT molecular complexity index is 2480. The quantitative estimate of drug-likeness (QED) is 0.154. The average molecular weight is 856 g/mol. The molecular weight excluding hydrogens is 786 g/mol. The average Bonchev–Trinajstić information content (AvgIpc) is 3.84. The lowest BCUT2D eigenvalue weighted by Crippen LogP contribution is -2.36. The van der Waals surface area contributed by atoms with E-state index in [0.29, 0.717) is 5.56 Å². The van der Waals surface area contributed by atoms with E-state index in [1.165, 1.54) is 66.6 Å². The molecule has 0 radical (unpaired) electrons. The second-order valence-corrected chi connectivity index (χ2v) is 21.6. The van der Waals surface area contributed by atoms with Crippen LogP contribution in [0.25, 0.3) is 45.8 Å². The largest absolute Gasteiger partial charge is 0.343 e. The van der Waals surface area contributed by atoms with Crippen LogP contribution in [0, 0.1) is 13.8 Å². The van der Waals surface area contributed by atoms with Crippen LogP contribution in [0.1, 0.15) is 139 Å². The SMILES string of the molecule is C.C=C1c2ccc(C)cc2C=CN1C(C)(C)C.C=C1c2sccc2C(F)=CN1C(C)(C)C.C=C1c2sccc2C=CN1C(C)(C)C.Cc1cc2ccccc2cc1C(C)(C)C. The van der Waals surface area contributed by atoms with Gasteiger partial charge in [0.25, 0.3) is 0 Å². The molecule has 0 unspecified atom stereocenters. The van der Waals surface area contributed by atoms with Crippen molar-refractivity contribution in [3.8, 4) is 0 Å². The van der Waals surface area contributed by atoms with Gasteiger partial charge in [0, 0.05) is 52.0 Å². The van der Waals surface area contributed by atoms with Crippen molar-refractivity contribution in [2.75, 3.05) is 0 Å². The van der Waals surface area contributed by atoms with Crippen molar-refractivity contribution in [2.45, 2.75) is 126 Å². The van der Waals surface area contributed by atoms with Gasteiger partial charge in [-0.05, 0) is 150 Å². The Morgan fingerprint density at radius 2 is 1.05 bits per heavy atom. The van der Waals surface area contributed by atoms with Gasteiger partial charge in [0.05, 0.1) is 21.1 Å². The zero-order chi connectivity index (χ0) is 44.5. The Kier molecular flexibility index (Phi) is 14.9. The van der Waals surface area contributed by atoms with Crippen LogP contribution in [0.2, 0.25) is 0 Å². The molecule has 3 aliphatic heterocycles. The predicted octanol–water partition coefficient (Wildman–Crippen LogP) is 17.0. The van der Waals surface area contributed by atoms with Crippen LogP contribution in [-0.2, 0) is 5.41 Å². The molecule has 0 spiro atoms. The van der Waals surface area contributed by atoms with E-state index in [1.807, 2.05) is 31.1 Å². The van der Waals surface area contributed by atoms with Crippen molar-refractivity contribution in [3.63, 3.8) is 0 Å². The summed E-state index contributed by atoms with van der Waals surface area (Å²) in [5.74, 6) is -0.173. The Morgan fingerprint density at radius 3 is 1.62 bits per heavy atom. The number of hydrogen-bond acceptors (Lipinski definition) is 5. The number of rotatable bonds is 0. The molecule has 3 aliphatic rings. The summed E-state index contributed by atoms with van der Waals surface area (Å²) in [7, 11) is 0. The molecule has 61 heavy (non-hydrogen) atoms. The first-order valence-corrected chi connectivity index (χ1v) is 22.5. The number of hydrogen-bond donors (Lipinski definition) is 0. The number of benzene rings is 3. The highest BCUT2D eigenvalue weighted by atomic mass is 32.1. The van der Waals surface area contributed by atoms with Crippen LogP contribution in [0.4, 0.5) is 4.39 Å². The number of fused-ring (bicyclic) bond motifs is 4. The Balaban J connectivity index is 0.000000178. The molecule has 6 heteroatoms. The van der Waals surface area contributed by atoms with Crippen molar-refractivity contribution >= 4 is 68.5 Å². The number of thiophene rings is 2. The predicted molar refractivity (Wildman–Crippen MR) is 273 cm³/mol. The lowest BCUT2D eigenvalue weighted by atomic mass is 9.83. The van der Waals surface area contributed by atoms with E-state index in [2.05, 4.69) is 196 Å². The Morgan fingerprint density at radius 1 is 0.541 bits per heavy atom. The maximum absolute atomic E-state index is 13.7. The van der Waals surface area contributed by atoms with Crippen molar-refractivity contribution in [1.82, 2.24) is 14.7 Å². The van der Waals surface area contributed by atoms with E-state index < -0.39 is 0 Å². The number of aryl methyl sites for hydroxylation is 2. The van der Waals surface area contributed by atoms with Crippen LogP contribution >= 0.6 is 22.7 Å². The third kappa shape index (κ3) is 11.3. The lowest BCUT2D eigenvalue weighted by Gasteiger charge is -2.38. The first kappa shape index (κ1) is 48.8. The zero-order valence-corrected chi connectivity index (χ0v) is 40.2. The van der Waals surface area contributed by atoms with Crippen molar-refractivity contribution in [1.29, 1.82) is 0 Å². The second-order valence-electron chi connectivity index (χ2n) is 19.8. The van der Waals surface area contributed by atoms with Gasteiger partial charge < -0.3 is 14.7 Å². The molecule has 2 aromatic heterocycles. The fourth-order valence-electron chi connectivity index (χ4n) is 7.61. The van der Waals surface area contributed by atoms with Gasteiger partial charge in [-0.2, -0.15) is 0 Å². The molecule has 5 aromatic rings. The molecule has 0 saturated heterocycles. The number of halogens is 1. The van der Waals surface area contributed by atoms with Gasteiger partial charge in [0.1, 0.15) is 5.83 Å². The summed E-state index contributed by atoms with van der Waals surface area (Å²) in [5.41, 5.74) is 12.0. The molecule has 0 saturated carbocycles. The minimum atomic E-state index is -0.173. The van der Waals surface area contributed by atoms with E-state index in [1.54, 1.807) is 17.4 Å². The molecule has 324 valence electrons. The fraction of sp³-hybridized carbons (Fsp3) is 0.345. The summed E-state index contributed by atoms with van der Waals surface area (Å²) in [5, 5.41) is 6.69. The van der Waals surface area contributed by atoms with Gasteiger partial charge in [0.2, 0.25) is 0 Å². The van der Waals surface area contributed by atoms with Gasteiger partial charge in [-0.1, -0.05) is 108 Å². The minimum Gasteiger partial charge on any atom is -0.343 e. The van der Waals surface area contributed by atoms with Gasteiger partial charge >= 0.3 is 0 Å². The fourth-order valence-corrected chi connectivity index (χ4v) is 9.33. The number of nitrogens with zero attached hydrogens (tertiary/aromatic N) is 3. The molecular formula is C55H70FN3S2. The molecule has 8 rings (SSSR count). The standard InChI is InChI=1S/C15H19N.C15H18.C12H14FNS.C12H15NS.CH4/c1-11-6-7-14-12(2)16(15(3,4)5)9-8-13(14)10-11;1-11-9-12-7-5-6-8-13(12)10-14(11)15(2,3)4;1-8-11-9(5-6-15-11)10(13)7-14(8)12(2,3)4;1-9-11-10(6-8-14-11)5-7-13(9)12(2,3)4;/h6-10H,2H2,1,3-5H3;5-10H,1-4H3;5-7H,1H2,2-4H3;5-8H,1H2,2-4H3;1H4. The first-order valence-electron chi connectivity index (χ1n) is 20.7. The van der Waals surface area contributed by atoms with Crippen LogP contribution in [0.5, 0.6) is 0 Å². The maximum Gasteiger partial charge on any atom is 0.148 e. The summed E-state index contributed by atoms with van der Waals surface area (Å²) in [6.45, 7) is 42.8. The van der Waals surface area contributed by atoms with Crippen molar-refractivity contribution < 1.29 is 4.39 Å². The lowest BCUT2D eigenvalue weighted by molar-refractivity contribution is 0.294. The molecule has 3 aromatic carbocycles. The third-order valence-corrected chi connectivity index (χ3v) is 12.6. The third-order valence-electron chi connectivity index (χ3n) is 10.7. The summed E-state index contributed by atoms with van der Waals surface area (Å²) in [6, 6.07) is 23.6. The molecule has 0 fully saturated rings. The molecule has 0 amide bonds. The summed E-state index contributed by atoms with van der Waals surface area (Å²) in [4.78, 5) is 8.57. The molecule has 5 heterocycles. The highest BCUT2D eigenvalue weighted by Gasteiger charge is 2.30. The smallest absolute Gasteiger partial charge is 0.148 e. The molecule has 0 atom stereocenters. The highest BCUT2D eigenvalue weighted by Crippen LogP contribution is 2.41. The van der Waals surface area contributed by atoms with Gasteiger partial charge in [-0.25, -0.2) is 4.39 Å². The van der Waals surface area contributed by atoms with E-state index in [-0.39, 0.29) is 35.3 Å². The Hall–Kier alpha value is -4.91. The topological polar surface area (TPSA) is 9.72 Å². The van der Waals surface area contributed by atoms with E-state index >= 15 is 0 Å². The summed E-state index contributed by atoms with van der Waals surface area (Å²) < 4.78 is 13.7. The molecule has 0 N–H and O–H groups in total. The molecule has 0 bridgehead atoms. The second kappa shape index (κ2) is 18.6. The zero-order valence-electron chi connectivity index (χ0n) is 38.5. The van der Waals surface area contributed by atoms with E-state index in [4.69, 9.17) is 0 Å². The van der Waals surface area contributed by atoms with Gasteiger partial charge in [0.15, 0.2) is 0 Å². The maximum atomic E-state index is 13.7. The van der Waals surface area contributed by atoms with Gasteiger partial charge in [-0.15, -0.1) is 22.7 Å². The van der Waals surface area contributed by atoms with Gasteiger partial charge in [-0.3, -0.25) is 0 Å². The monoisotopic (exact) mass is 855 g/mol. The minimum absolute atomic E-state index is 0. The van der Waals surface area contributed by atoms with Crippen molar-refractivity contribution in [3.05, 3.63) is 165 Å². The Labute approximate surface area is 376 Å². The highest BCUT2D eigenvalue weighted by molar-refractivity contribution is 7.11. The van der Waals surface area contributed by atoms with E-state index in [0.717, 1.165) is 22.0 Å². The van der Waals surface area contributed by atoms with Crippen LogP contribution in [0.15, 0.2) is 116 Å². The van der Waals surface area contributed by atoms with Crippen LogP contribution in [-0.4, -0.2) is 31.3 Å². The summed E-state index contributed by atoms with van der Waals surface area (Å²) >= 11 is 3.30. The van der Waals surface area contributed by atoms with Crippen molar-refractivity contribution in [2.24, 2.45) is 0 Å². The van der Waals surface area contributed by atoms with E-state index in [9.17, 15) is 4.39 Å². The molecule has 0 aliphatic carbocycles. The summed E-state index contributed by atoms with van der Waals surface area (Å²) in [6.07, 6.45) is 10.1. The molecule has 3 nitrogen and oxygen atoms in total. The normalized spacial score (nSPS) is 14.6. The van der Waals surface area contributed by atoms with Crippen LogP contribution < -0.4 is 0 Å². The first-order chi connectivity index (χ1) is 27.8.